The van der Waals surface area contributed by atoms with Gasteiger partial charge >= 0.3 is 6.18 Å². The Balaban J connectivity index is 1.26. The van der Waals surface area contributed by atoms with Crippen LogP contribution in [0.15, 0.2) is 24.3 Å². The van der Waals surface area contributed by atoms with Crippen LogP contribution in [0.1, 0.15) is 43.7 Å². The molecule has 36 heavy (non-hydrogen) atoms. The first-order valence-corrected chi connectivity index (χ1v) is 13.1. The Morgan fingerprint density at radius 2 is 1.81 bits per heavy atom. The van der Waals surface area contributed by atoms with Crippen molar-refractivity contribution in [3.63, 3.8) is 0 Å². The Morgan fingerprint density at radius 1 is 1.08 bits per heavy atom. The van der Waals surface area contributed by atoms with E-state index in [1.54, 1.807) is 12.1 Å². The van der Waals surface area contributed by atoms with Gasteiger partial charge in [-0.05, 0) is 87.1 Å². The Kier molecular flexibility index (Phi) is 7.40. The molecule has 1 aromatic carbocycles. The zero-order valence-corrected chi connectivity index (χ0v) is 21.0. The summed E-state index contributed by atoms with van der Waals surface area (Å²) in [6.45, 7) is 9.15. The maximum atomic E-state index is 14.0. The van der Waals surface area contributed by atoms with Crippen LogP contribution < -0.4 is 10.1 Å². The predicted molar refractivity (Wildman–Crippen MR) is 132 cm³/mol. The molecule has 2 atom stereocenters. The van der Waals surface area contributed by atoms with E-state index in [4.69, 9.17) is 9.47 Å². The van der Waals surface area contributed by atoms with Crippen LogP contribution in [0, 0.1) is 24.7 Å². The van der Waals surface area contributed by atoms with Crippen LogP contribution in [0.25, 0.3) is 11.3 Å². The molecule has 2 aromatic rings. The Hall–Kier alpha value is -2.39. The number of hydrogen-bond acceptors (Lipinski definition) is 6. The first-order chi connectivity index (χ1) is 17.3. The second-order valence-electron chi connectivity index (χ2n) is 10.5. The molecule has 6 nitrogen and oxygen atoms in total. The molecule has 0 radical (unpaired) electrons. The molecule has 2 saturated heterocycles. The zero-order chi connectivity index (χ0) is 25.3. The molecule has 0 amide bonds. The average Bonchev–Trinajstić information content (AvgIpc) is 3.38. The summed E-state index contributed by atoms with van der Waals surface area (Å²) in [6.07, 6.45) is -0.537. The summed E-state index contributed by atoms with van der Waals surface area (Å²) in [6, 6.07) is 6.39. The summed E-state index contributed by atoms with van der Waals surface area (Å²) in [7, 11) is 0. The Bertz CT molecular complexity index is 1040. The molecule has 3 heterocycles. The van der Waals surface area contributed by atoms with Gasteiger partial charge < -0.3 is 19.7 Å². The van der Waals surface area contributed by atoms with E-state index < -0.39 is 11.7 Å². The third-order valence-electron chi connectivity index (χ3n) is 7.91. The van der Waals surface area contributed by atoms with E-state index in [-0.39, 0.29) is 17.6 Å². The van der Waals surface area contributed by atoms with Crippen LogP contribution in [0.4, 0.5) is 19.0 Å². The summed E-state index contributed by atoms with van der Waals surface area (Å²) >= 11 is 0. The summed E-state index contributed by atoms with van der Waals surface area (Å²) in [5.74, 6) is 2.26. The number of hydrogen-bond donors (Lipinski definition) is 1. The van der Waals surface area contributed by atoms with E-state index in [0.717, 1.165) is 70.2 Å². The van der Waals surface area contributed by atoms with Gasteiger partial charge in [-0.25, -0.2) is 0 Å². The third kappa shape index (κ3) is 5.62. The van der Waals surface area contributed by atoms with Gasteiger partial charge in [-0.15, -0.1) is 10.2 Å². The van der Waals surface area contributed by atoms with Crippen LogP contribution in [0.2, 0.25) is 0 Å². The lowest BCUT2D eigenvalue weighted by Gasteiger charge is -2.28. The van der Waals surface area contributed by atoms with E-state index in [2.05, 4.69) is 20.4 Å². The summed E-state index contributed by atoms with van der Waals surface area (Å²) in [4.78, 5) is 2.55. The van der Waals surface area contributed by atoms with Crippen molar-refractivity contribution in [3.05, 3.63) is 35.4 Å². The minimum Gasteiger partial charge on any atom is -0.494 e. The van der Waals surface area contributed by atoms with Crippen molar-refractivity contribution in [3.8, 4) is 17.0 Å². The molecule has 1 N–H and O–H groups in total. The monoisotopic (exact) mass is 504 g/mol. The molecule has 0 bridgehead atoms. The van der Waals surface area contributed by atoms with Gasteiger partial charge in [0.15, 0.2) is 5.82 Å². The standard InChI is InChI=1S/C27H35F3N4O2/c1-3-36-22-4-5-23(17(2)10-22)25-13-24(27(28,29)30)26(33-32-25)31-21-11-19-15-34(16-20(19)12-21)14-18-6-8-35-9-7-18/h4-5,10,13,18-21H,3,6-9,11-12,14-16H2,1-2H3,(H,31,33)/t19-,20-/m1/s1. The van der Waals surface area contributed by atoms with E-state index in [0.29, 0.717) is 35.7 Å². The lowest BCUT2D eigenvalue weighted by Crippen LogP contribution is -2.32. The lowest BCUT2D eigenvalue weighted by atomic mass is 10.00. The topological polar surface area (TPSA) is 59.5 Å². The molecule has 1 saturated carbocycles. The van der Waals surface area contributed by atoms with Gasteiger partial charge in [0.1, 0.15) is 11.3 Å². The normalized spacial score (nSPS) is 23.7. The molecule has 1 aromatic heterocycles. The van der Waals surface area contributed by atoms with Gasteiger partial charge in [-0.1, -0.05) is 0 Å². The number of ether oxygens (including phenoxy) is 2. The molecular weight excluding hydrogens is 469 g/mol. The molecule has 9 heteroatoms. The van der Waals surface area contributed by atoms with Crippen LogP contribution in [-0.4, -0.2) is 60.6 Å². The van der Waals surface area contributed by atoms with Gasteiger partial charge in [0.25, 0.3) is 0 Å². The highest BCUT2D eigenvalue weighted by Crippen LogP contribution is 2.42. The van der Waals surface area contributed by atoms with Crippen molar-refractivity contribution in [1.29, 1.82) is 0 Å². The van der Waals surface area contributed by atoms with Crippen LogP contribution >= 0.6 is 0 Å². The average molecular weight is 505 g/mol. The molecule has 196 valence electrons. The molecule has 0 spiro atoms. The number of fused-ring (bicyclic) bond motifs is 1. The fourth-order valence-corrected chi connectivity index (χ4v) is 6.18. The minimum atomic E-state index is -4.53. The summed E-state index contributed by atoms with van der Waals surface area (Å²) < 4.78 is 53.1. The quantitative estimate of drug-likeness (QED) is 0.544. The SMILES string of the molecule is CCOc1ccc(-c2cc(C(F)(F)F)c(NC3C[C@@H]4CN(CC5CCOCC5)C[C@H]4C3)nn2)c(C)c1. The number of alkyl halides is 3. The number of aryl methyl sites for hydroxylation is 1. The fraction of sp³-hybridized carbons (Fsp3) is 0.630. The molecular formula is C27H35F3N4O2. The number of nitrogens with zero attached hydrogens (tertiary/aromatic N) is 3. The number of nitrogens with one attached hydrogen (secondary N) is 1. The second kappa shape index (κ2) is 10.5. The zero-order valence-electron chi connectivity index (χ0n) is 21.0. The predicted octanol–water partition coefficient (Wildman–Crippen LogP) is 5.42. The molecule has 1 aliphatic carbocycles. The first-order valence-electron chi connectivity index (χ1n) is 13.1. The number of benzene rings is 1. The molecule has 2 aliphatic heterocycles. The van der Waals surface area contributed by atoms with E-state index in [1.807, 2.05) is 19.9 Å². The Morgan fingerprint density at radius 3 is 2.44 bits per heavy atom. The van der Waals surface area contributed by atoms with E-state index in [1.165, 1.54) is 0 Å². The maximum Gasteiger partial charge on any atom is 0.420 e. The maximum absolute atomic E-state index is 14.0. The van der Waals surface area contributed by atoms with Crippen molar-refractivity contribution < 1.29 is 22.6 Å². The van der Waals surface area contributed by atoms with Crippen molar-refractivity contribution in [1.82, 2.24) is 15.1 Å². The van der Waals surface area contributed by atoms with E-state index >= 15 is 0 Å². The van der Waals surface area contributed by atoms with Crippen molar-refractivity contribution in [2.45, 2.75) is 51.7 Å². The molecule has 3 aliphatic rings. The van der Waals surface area contributed by atoms with Gasteiger partial charge in [-0.3, -0.25) is 0 Å². The Labute approximate surface area is 210 Å². The fourth-order valence-electron chi connectivity index (χ4n) is 6.18. The van der Waals surface area contributed by atoms with Crippen LogP contribution in [-0.2, 0) is 10.9 Å². The van der Waals surface area contributed by atoms with Crippen LogP contribution in [0.5, 0.6) is 5.75 Å². The largest absolute Gasteiger partial charge is 0.494 e. The van der Waals surface area contributed by atoms with Gasteiger partial charge in [0.2, 0.25) is 0 Å². The van der Waals surface area contributed by atoms with Crippen molar-refractivity contribution >= 4 is 5.82 Å². The summed E-state index contributed by atoms with van der Waals surface area (Å²) in [5.41, 5.74) is 0.848. The van der Waals surface area contributed by atoms with Crippen LogP contribution in [0.3, 0.4) is 0 Å². The highest BCUT2D eigenvalue weighted by molar-refractivity contribution is 5.66. The van der Waals surface area contributed by atoms with Crippen molar-refractivity contribution in [2.75, 3.05) is 44.8 Å². The van der Waals surface area contributed by atoms with Gasteiger partial charge in [0.05, 0.1) is 12.3 Å². The van der Waals surface area contributed by atoms with Gasteiger partial charge in [-0.2, -0.15) is 13.2 Å². The third-order valence-corrected chi connectivity index (χ3v) is 7.91. The highest BCUT2D eigenvalue weighted by atomic mass is 19.4. The number of rotatable bonds is 7. The minimum absolute atomic E-state index is 0.0151. The smallest absolute Gasteiger partial charge is 0.420 e. The number of likely N-dealkylation sites (tertiary alicyclic amines) is 1. The second-order valence-corrected chi connectivity index (χ2v) is 10.5. The number of halogens is 3. The summed E-state index contributed by atoms with van der Waals surface area (Å²) in [5, 5.41) is 11.3. The highest BCUT2D eigenvalue weighted by Gasteiger charge is 2.43. The lowest BCUT2D eigenvalue weighted by molar-refractivity contribution is -0.137. The number of aromatic nitrogens is 2. The van der Waals surface area contributed by atoms with E-state index in [9.17, 15) is 13.2 Å². The first kappa shape index (κ1) is 25.3. The molecule has 0 unspecified atom stereocenters. The molecule has 5 rings (SSSR count). The molecule has 3 fully saturated rings. The van der Waals surface area contributed by atoms with Gasteiger partial charge in [0, 0.05) is 44.5 Å². The van der Waals surface area contributed by atoms with Crippen molar-refractivity contribution in [2.24, 2.45) is 17.8 Å². The number of anilines is 1.